The number of carbonyl (C=O) groups excluding carboxylic acids is 2. The fraction of sp³-hybridized carbons (Fsp3) is 0.583. The zero-order chi connectivity index (χ0) is 14.4. The van der Waals surface area contributed by atoms with Gasteiger partial charge in [0.2, 0.25) is 5.91 Å². The Morgan fingerprint density at radius 2 is 2.11 bits per heavy atom. The Morgan fingerprint density at radius 1 is 1.47 bits per heavy atom. The molecule has 7 heteroatoms. The molecule has 3 N–H and O–H groups in total. The summed E-state index contributed by atoms with van der Waals surface area (Å²) < 4.78 is 1.47. The van der Waals surface area contributed by atoms with Gasteiger partial charge >= 0.3 is 0 Å². The van der Waals surface area contributed by atoms with Crippen molar-refractivity contribution in [2.75, 3.05) is 18.8 Å². The minimum absolute atomic E-state index is 0.162. The number of aromatic nitrogens is 2. The van der Waals surface area contributed by atoms with Gasteiger partial charge < -0.3 is 16.0 Å². The molecule has 1 aromatic heterocycles. The SMILES string of the molecule is Cc1nn(C)c(C(=O)N2CCNC(=O)C2(C)C)c1N. The molecule has 0 bridgehead atoms. The number of piperazine rings is 1. The summed E-state index contributed by atoms with van der Waals surface area (Å²) in [6.45, 7) is 6.10. The number of rotatable bonds is 1. The fourth-order valence-corrected chi connectivity index (χ4v) is 2.31. The predicted molar refractivity (Wildman–Crippen MR) is 70.5 cm³/mol. The number of nitrogens with zero attached hydrogens (tertiary/aromatic N) is 3. The van der Waals surface area contributed by atoms with Crippen molar-refractivity contribution in [1.29, 1.82) is 0 Å². The molecule has 0 spiro atoms. The van der Waals surface area contributed by atoms with Crippen LogP contribution < -0.4 is 11.1 Å². The summed E-state index contributed by atoms with van der Waals surface area (Å²) in [6.07, 6.45) is 0. The summed E-state index contributed by atoms with van der Waals surface area (Å²) in [6, 6.07) is 0. The van der Waals surface area contributed by atoms with Crippen LogP contribution in [0, 0.1) is 6.92 Å². The van der Waals surface area contributed by atoms with Crippen molar-refractivity contribution in [3.63, 3.8) is 0 Å². The van der Waals surface area contributed by atoms with Crippen LogP contribution in [-0.2, 0) is 11.8 Å². The maximum absolute atomic E-state index is 12.6. The van der Waals surface area contributed by atoms with E-state index in [0.29, 0.717) is 30.2 Å². The van der Waals surface area contributed by atoms with Gasteiger partial charge in [0, 0.05) is 20.1 Å². The Hall–Kier alpha value is -2.05. The molecule has 1 aromatic rings. The molecule has 0 unspecified atom stereocenters. The molecule has 104 valence electrons. The first-order valence-corrected chi connectivity index (χ1v) is 6.16. The smallest absolute Gasteiger partial charge is 0.275 e. The van der Waals surface area contributed by atoms with Gasteiger partial charge in [0.15, 0.2) is 0 Å². The Kier molecular flexibility index (Phi) is 3.00. The number of nitrogen functional groups attached to an aromatic ring is 1. The third-order valence-electron chi connectivity index (χ3n) is 3.57. The van der Waals surface area contributed by atoms with Gasteiger partial charge in [0.25, 0.3) is 5.91 Å². The van der Waals surface area contributed by atoms with E-state index < -0.39 is 5.54 Å². The number of amides is 2. The lowest BCUT2D eigenvalue weighted by atomic mass is 9.98. The van der Waals surface area contributed by atoms with Crippen molar-refractivity contribution in [3.8, 4) is 0 Å². The van der Waals surface area contributed by atoms with E-state index in [1.807, 2.05) is 0 Å². The average molecular weight is 265 g/mol. The van der Waals surface area contributed by atoms with Crippen LogP contribution in [0.3, 0.4) is 0 Å². The Balaban J connectivity index is 2.41. The first-order valence-electron chi connectivity index (χ1n) is 6.16. The molecule has 1 aliphatic rings. The lowest BCUT2D eigenvalue weighted by Gasteiger charge is -2.41. The zero-order valence-corrected chi connectivity index (χ0v) is 11.6. The third kappa shape index (κ3) is 1.94. The second-order valence-corrected chi connectivity index (χ2v) is 5.24. The van der Waals surface area contributed by atoms with Crippen LogP contribution in [0.5, 0.6) is 0 Å². The molecule has 7 nitrogen and oxygen atoms in total. The molecule has 0 radical (unpaired) electrons. The molecule has 2 heterocycles. The first-order chi connectivity index (χ1) is 8.76. The standard InChI is InChI=1S/C12H19N5O2/c1-7-8(13)9(16(4)15-7)10(18)17-6-5-14-11(19)12(17,2)3/h5-6,13H2,1-4H3,(H,14,19). The molecule has 1 aliphatic heterocycles. The van der Waals surface area contributed by atoms with Crippen LogP contribution in [0.25, 0.3) is 0 Å². The van der Waals surface area contributed by atoms with Crippen molar-refractivity contribution in [2.45, 2.75) is 26.3 Å². The van der Waals surface area contributed by atoms with E-state index in [-0.39, 0.29) is 11.8 Å². The van der Waals surface area contributed by atoms with Crippen molar-refractivity contribution >= 4 is 17.5 Å². The van der Waals surface area contributed by atoms with Gasteiger partial charge in [-0.3, -0.25) is 14.3 Å². The quantitative estimate of drug-likeness (QED) is 0.726. The van der Waals surface area contributed by atoms with Crippen molar-refractivity contribution in [3.05, 3.63) is 11.4 Å². The topological polar surface area (TPSA) is 93.2 Å². The van der Waals surface area contributed by atoms with Gasteiger partial charge in [0.1, 0.15) is 11.2 Å². The lowest BCUT2D eigenvalue weighted by Crippen LogP contribution is -2.63. The van der Waals surface area contributed by atoms with Gasteiger partial charge in [-0.05, 0) is 20.8 Å². The molecular formula is C12H19N5O2. The molecule has 19 heavy (non-hydrogen) atoms. The maximum atomic E-state index is 12.6. The molecule has 0 saturated carbocycles. The highest BCUT2D eigenvalue weighted by atomic mass is 16.2. The third-order valence-corrected chi connectivity index (χ3v) is 3.57. The van der Waals surface area contributed by atoms with Gasteiger partial charge in [-0.1, -0.05) is 0 Å². The molecule has 2 amide bonds. The van der Waals surface area contributed by atoms with Crippen LogP contribution in [0.2, 0.25) is 0 Å². The summed E-state index contributed by atoms with van der Waals surface area (Å²) in [7, 11) is 1.67. The molecule has 2 rings (SSSR count). The molecule has 0 aromatic carbocycles. The molecule has 1 fully saturated rings. The number of nitrogens with two attached hydrogens (primary N) is 1. The van der Waals surface area contributed by atoms with E-state index >= 15 is 0 Å². The number of carbonyl (C=O) groups is 2. The number of nitrogens with one attached hydrogen (secondary N) is 1. The number of aryl methyl sites for hydroxylation is 2. The van der Waals surface area contributed by atoms with E-state index in [0.717, 1.165) is 0 Å². The van der Waals surface area contributed by atoms with Gasteiger partial charge in [0.05, 0.1) is 11.4 Å². The average Bonchev–Trinajstić information content (AvgIpc) is 2.56. The van der Waals surface area contributed by atoms with Gasteiger partial charge in [-0.2, -0.15) is 5.10 Å². The Bertz CT molecular complexity index is 547. The largest absolute Gasteiger partial charge is 0.395 e. The van der Waals surface area contributed by atoms with Crippen molar-refractivity contribution in [2.24, 2.45) is 7.05 Å². The molecule has 1 saturated heterocycles. The summed E-state index contributed by atoms with van der Waals surface area (Å²) in [5.74, 6) is -0.426. The zero-order valence-electron chi connectivity index (χ0n) is 11.6. The first kappa shape index (κ1) is 13.4. The van der Waals surface area contributed by atoms with Crippen LogP contribution in [0.4, 0.5) is 5.69 Å². The number of hydrogen-bond donors (Lipinski definition) is 2. The van der Waals surface area contributed by atoms with E-state index in [1.165, 1.54) is 4.68 Å². The molecular weight excluding hydrogens is 246 g/mol. The van der Waals surface area contributed by atoms with Crippen LogP contribution in [0.15, 0.2) is 0 Å². The van der Waals surface area contributed by atoms with E-state index in [2.05, 4.69) is 10.4 Å². The summed E-state index contributed by atoms with van der Waals surface area (Å²) in [5.41, 5.74) is 6.33. The van der Waals surface area contributed by atoms with E-state index in [9.17, 15) is 9.59 Å². The molecule has 0 aliphatic carbocycles. The van der Waals surface area contributed by atoms with Crippen molar-refractivity contribution < 1.29 is 9.59 Å². The Morgan fingerprint density at radius 3 is 2.63 bits per heavy atom. The lowest BCUT2D eigenvalue weighted by molar-refractivity contribution is -0.133. The minimum Gasteiger partial charge on any atom is -0.395 e. The van der Waals surface area contributed by atoms with Crippen molar-refractivity contribution in [1.82, 2.24) is 20.0 Å². The Labute approximate surface area is 111 Å². The van der Waals surface area contributed by atoms with Gasteiger partial charge in [-0.25, -0.2) is 0 Å². The summed E-state index contributed by atoms with van der Waals surface area (Å²) in [5, 5.41) is 6.89. The second kappa shape index (κ2) is 4.25. The number of hydrogen-bond acceptors (Lipinski definition) is 4. The highest BCUT2D eigenvalue weighted by molar-refractivity contribution is 6.02. The summed E-state index contributed by atoms with van der Waals surface area (Å²) in [4.78, 5) is 26.0. The fourth-order valence-electron chi connectivity index (χ4n) is 2.31. The monoisotopic (exact) mass is 265 g/mol. The van der Waals surface area contributed by atoms with Crippen LogP contribution >= 0.6 is 0 Å². The maximum Gasteiger partial charge on any atom is 0.275 e. The predicted octanol–water partition coefficient (Wildman–Crippen LogP) is -0.339. The second-order valence-electron chi connectivity index (χ2n) is 5.24. The molecule has 0 atom stereocenters. The van der Waals surface area contributed by atoms with Crippen LogP contribution in [-0.4, -0.2) is 45.1 Å². The normalized spacial score (nSPS) is 18.3. The highest BCUT2D eigenvalue weighted by Gasteiger charge is 2.42. The van der Waals surface area contributed by atoms with E-state index in [1.54, 1.807) is 32.7 Å². The highest BCUT2D eigenvalue weighted by Crippen LogP contribution is 2.24. The minimum atomic E-state index is -0.889. The number of anilines is 1. The van der Waals surface area contributed by atoms with Crippen LogP contribution in [0.1, 0.15) is 30.0 Å². The summed E-state index contributed by atoms with van der Waals surface area (Å²) >= 11 is 0. The van der Waals surface area contributed by atoms with E-state index in [4.69, 9.17) is 5.73 Å². The van der Waals surface area contributed by atoms with Gasteiger partial charge in [-0.15, -0.1) is 0 Å².